The number of carbonyl (C=O) groups excluding carboxylic acids is 1. The van der Waals surface area contributed by atoms with Gasteiger partial charge in [-0.05, 0) is 31.2 Å². The zero-order valence-electron chi connectivity index (χ0n) is 15.1. The predicted molar refractivity (Wildman–Crippen MR) is 95.8 cm³/mol. The third kappa shape index (κ3) is 4.83. The average Bonchev–Trinajstić information content (AvgIpc) is 2.65. The summed E-state index contributed by atoms with van der Waals surface area (Å²) in [6, 6.07) is 6.38. The summed E-state index contributed by atoms with van der Waals surface area (Å²) in [6.07, 6.45) is -4.75. The van der Waals surface area contributed by atoms with Crippen LogP contribution in [0.25, 0.3) is 0 Å². The highest BCUT2D eigenvalue weighted by Gasteiger charge is 2.34. The molecule has 156 valence electrons. The number of esters is 1. The Morgan fingerprint density at radius 3 is 2.41 bits per heavy atom. The number of methoxy groups -OCH3 is 1. The summed E-state index contributed by atoms with van der Waals surface area (Å²) < 4.78 is 70.0. The lowest BCUT2D eigenvalue weighted by Gasteiger charge is -2.24. The number of benzene rings is 2. The zero-order valence-corrected chi connectivity index (χ0v) is 16.0. The molecular formula is C17H15F3N2O6S. The lowest BCUT2D eigenvalue weighted by atomic mass is 10.2. The number of hydrogen-bond acceptors (Lipinski definition) is 6. The molecule has 0 fully saturated rings. The Hall–Kier alpha value is -3.15. The van der Waals surface area contributed by atoms with Crippen LogP contribution in [0.4, 0.5) is 24.5 Å². The van der Waals surface area contributed by atoms with E-state index in [1.165, 1.54) is 13.0 Å². The van der Waals surface area contributed by atoms with Gasteiger partial charge in [0, 0.05) is 11.6 Å². The number of nitro benzene ring substituents is 1. The number of nitro groups is 1. The molecular weight excluding hydrogens is 417 g/mol. The van der Waals surface area contributed by atoms with Gasteiger partial charge in [0.1, 0.15) is 6.54 Å². The summed E-state index contributed by atoms with van der Waals surface area (Å²) in [6.45, 7) is 0.468. The number of anilines is 1. The van der Waals surface area contributed by atoms with Gasteiger partial charge in [-0.3, -0.25) is 19.2 Å². The van der Waals surface area contributed by atoms with Crippen molar-refractivity contribution in [3.8, 4) is 0 Å². The molecule has 0 saturated heterocycles. The molecule has 0 N–H and O–H groups in total. The van der Waals surface area contributed by atoms with E-state index in [1.807, 2.05) is 0 Å². The van der Waals surface area contributed by atoms with Crippen molar-refractivity contribution in [2.75, 3.05) is 18.0 Å². The van der Waals surface area contributed by atoms with Crippen molar-refractivity contribution >= 4 is 27.4 Å². The first kappa shape index (κ1) is 22.1. The van der Waals surface area contributed by atoms with Crippen LogP contribution in [0.1, 0.15) is 11.1 Å². The molecule has 0 aliphatic carbocycles. The van der Waals surface area contributed by atoms with Crippen molar-refractivity contribution in [2.24, 2.45) is 0 Å². The average molecular weight is 432 g/mol. The zero-order chi connectivity index (χ0) is 22.0. The van der Waals surface area contributed by atoms with E-state index in [2.05, 4.69) is 4.74 Å². The number of rotatable bonds is 6. The van der Waals surface area contributed by atoms with Crippen molar-refractivity contribution in [3.63, 3.8) is 0 Å². The molecule has 2 aromatic carbocycles. The molecule has 29 heavy (non-hydrogen) atoms. The Morgan fingerprint density at radius 1 is 1.21 bits per heavy atom. The quantitative estimate of drug-likeness (QED) is 0.394. The second-order valence-electron chi connectivity index (χ2n) is 5.84. The summed E-state index contributed by atoms with van der Waals surface area (Å²) >= 11 is 0. The molecule has 12 heteroatoms. The molecule has 0 spiro atoms. The fraction of sp³-hybridized carbons (Fsp3) is 0.235. The maximum Gasteiger partial charge on any atom is 0.416 e. The van der Waals surface area contributed by atoms with Crippen LogP contribution in [0.2, 0.25) is 0 Å². The molecule has 0 aromatic heterocycles. The van der Waals surface area contributed by atoms with Gasteiger partial charge in [0.2, 0.25) is 0 Å². The number of carbonyl (C=O) groups is 1. The number of nitrogens with zero attached hydrogens (tertiary/aromatic N) is 2. The standard InChI is InChI=1S/C17H15F3N2O6S/c1-11-6-7-14(9-15(11)22(24)25)29(26,27)21(10-16(23)28-2)13-5-3-4-12(8-13)17(18,19)20/h3-9H,10H2,1-2H3. The second-order valence-corrected chi connectivity index (χ2v) is 7.70. The van der Waals surface area contributed by atoms with Crippen LogP contribution in [-0.2, 0) is 25.7 Å². The topological polar surface area (TPSA) is 107 Å². The van der Waals surface area contributed by atoms with Gasteiger partial charge in [0.25, 0.3) is 15.7 Å². The maximum atomic E-state index is 13.0. The van der Waals surface area contributed by atoms with E-state index in [4.69, 9.17) is 0 Å². The molecule has 0 radical (unpaired) electrons. The first-order chi connectivity index (χ1) is 13.4. The van der Waals surface area contributed by atoms with Gasteiger partial charge in [0.15, 0.2) is 0 Å². The number of sulfonamides is 1. The van der Waals surface area contributed by atoms with Crippen LogP contribution in [0, 0.1) is 17.0 Å². The van der Waals surface area contributed by atoms with Crippen molar-refractivity contribution in [2.45, 2.75) is 18.0 Å². The lowest BCUT2D eigenvalue weighted by Crippen LogP contribution is -2.36. The summed E-state index contributed by atoms with van der Waals surface area (Å²) in [5.74, 6) is -1.03. The summed E-state index contributed by atoms with van der Waals surface area (Å²) in [7, 11) is -3.65. The van der Waals surface area contributed by atoms with Crippen LogP contribution in [0.5, 0.6) is 0 Å². The first-order valence-corrected chi connectivity index (χ1v) is 9.34. The third-order valence-corrected chi connectivity index (χ3v) is 5.70. The van der Waals surface area contributed by atoms with Gasteiger partial charge in [-0.25, -0.2) is 8.42 Å². The molecule has 0 bridgehead atoms. The van der Waals surface area contributed by atoms with E-state index in [9.17, 15) is 36.5 Å². The van der Waals surface area contributed by atoms with Crippen molar-refractivity contribution in [1.29, 1.82) is 0 Å². The molecule has 0 unspecified atom stereocenters. The molecule has 0 aliphatic heterocycles. The minimum Gasteiger partial charge on any atom is -0.468 e. The predicted octanol–water partition coefficient (Wildman–Crippen LogP) is 3.29. The molecule has 0 aliphatic rings. The van der Waals surface area contributed by atoms with Gasteiger partial charge in [-0.2, -0.15) is 13.2 Å². The largest absolute Gasteiger partial charge is 0.468 e. The minimum atomic E-state index is -4.75. The fourth-order valence-corrected chi connectivity index (χ4v) is 3.83. The molecule has 0 saturated carbocycles. The highest BCUT2D eigenvalue weighted by molar-refractivity contribution is 7.92. The van der Waals surface area contributed by atoms with Crippen LogP contribution in [-0.4, -0.2) is 33.0 Å². The molecule has 0 atom stereocenters. The van der Waals surface area contributed by atoms with Crippen molar-refractivity contribution in [3.05, 3.63) is 63.7 Å². The van der Waals surface area contributed by atoms with E-state index in [-0.39, 0.29) is 5.56 Å². The van der Waals surface area contributed by atoms with Crippen LogP contribution >= 0.6 is 0 Å². The van der Waals surface area contributed by atoms with Gasteiger partial charge in [-0.15, -0.1) is 0 Å². The molecule has 8 nitrogen and oxygen atoms in total. The third-order valence-electron chi connectivity index (χ3n) is 3.93. The molecule has 2 aromatic rings. The van der Waals surface area contributed by atoms with E-state index in [0.29, 0.717) is 10.4 Å². The Kier molecular flexibility index (Phi) is 6.16. The summed E-state index contributed by atoms with van der Waals surface area (Å²) in [5, 5.41) is 11.1. The molecule has 0 heterocycles. The van der Waals surface area contributed by atoms with Crippen LogP contribution in [0.15, 0.2) is 47.4 Å². The number of hydrogen-bond donors (Lipinski definition) is 0. The second kappa shape index (κ2) is 8.07. The van der Waals surface area contributed by atoms with Gasteiger partial charge in [-0.1, -0.05) is 12.1 Å². The number of alkyl halides is 3. The van der Waals surface area contributed by atoms with E-state index in [0.717, 1.165) is 37.4 Å². The number of aryl methyl sites for hydroxylation is 1. The van der Waals surface area contributed by atoms with E-state index in [1.54, 1.807) is 0 Å². The van der Waals surface area contributed by atoms with Crippen molar-refractivity contribution in [1.82, 2.24) is 0 Å². The SMILES string of the molecule is COC(=O)CN(c1cccc(C(F)(F)F)c1)S(=O)(=O)c1ccc(C)c([N+](=O)[O-])c1. The lowest BCUT2D eigenvalue weighted by molar-refractivity contribution is -0.385. The van der Waals surface area contributed by atoms with Crippen LogP contribution in [0.3, 0.4) is 0 Å². The molecule has 2 rings (SSSR count). The Bertz CT molecular complexity index is 1050. The highest BCUT2D eigenvalue weighted by atomic mass is 32.2. The van der Waals surface area contributed by atoms with E-state index < -0.39 is 55.5 Å². The Morgan fingerprint density at radius 2 is 1.86 bits per heavy atom. The summed E-state index contributed by atoms with van der Waals surface area (Å²) in [5.41, 5.74) is -1.89. The first-order valence-electron chi connectivity index (χ1n) is 7.90. The smallest absolute Gasteiger partial charge is 0.416 e. The minimum absolute atomic E-state index is 0.188. The number of ether oxygens (including phenoxy) is 1. The van der Waals surface area contributed by atoms with Gasteiger partial charge in [0.05, 0.1) is 28.2 Å². The number of halogens is 3. The Balaban J connectivity index is 2.65. The van der Waals surface area contributed by atoms with E-state index >= 15 is 0 Å². The molecule has 0 amide bonds. The highest BCUT2D eigenvalue weighted by Crippen LogP contribution is 2.34. The summed E-state index contributed by atoms with van der Waals surface area (Å²) in [4.78, 5) is 21.5. The monoisotopic (exact) mass is 432 g/mol. The van der Waals surface area contributed by atoms with Crippen molar-refractivity contribution < 1.29 is 36.0 Å². The fourth-order valence-electron chi connectivity index (χ4n) is 2.41. The Labute approximate surface area is 163 Å². The maximum absolute atomic E-state index is 13.0. The van der Waals surface area contributed by atoms with Gasteiger partial charge < -0.3 is 4.74 Å². The van der Waals surface area contributed by atoms with Gasteiger partial charge >= 0.3 is 12.1 Å². The normalized spacial score (nSPS) is 11.8. The van der Waals surface area contributed by atoms with Crippen LogP contribution < -0.4 is 4.31 Å².